The third kappa shape index (κ3) is 3.55. The van der Waals surface area contributed by atoms with Gasteiger partial charge in [0.25, 0.3) is 0 Å². The molecule has 0 fully saturated rings. The van der Waals surface area contributed by atoms with Gasteiger partial charge in [0.2, 0.25) is 15.9 Å². The van der Waals surface area contributed by atoms with Crippen LogP contribution in [0.3, 0.4) is 0 Å². The van der Waals surface area contributed by atoms with Gasteiger partial charge in [0.05, 0.1) is 11.4 Å². The molecule has 0 aromatic carbocycles. The van der Waals surface area contributed by atoms with E-state index in [1.165, 1.54) is 6.07 Å². The summed E-state index contributed by atoms with van der Waals surface area (Å²) in [6.07, 6.45) is 0.407. The standard InChI is InChI=1S/C7H11ClN2O3S/c1-6-5-7(13-9-6)10-14(11,12)4-2-3-8/h5,10H,2-4H2,1H3. The molecule has 1 rings (SSSR count). The molecule has 0 amide bonds. The summed E-state index contributed by atoms with van der Waals surface area (Å²) in [5, 5.41) is 3.55. The van der Waals surface area contributed by atoms with Gasteiger partial charge in [-0.15, -0.1) is 11.6 Å². The van der Waals surface area contributed by atoms with Crippen LogP contribution in [-0.2, 0) is 10.0 Å². The first-order chi connectivity index (χ1) is 6.53. The zero-order chi connectivity index (χ0) is 10.6. The number of sulfonamides is 1. The summed E-state index contributed by atoms with van der Waals surface area (Å²) in [6.45, 7) is 1.71. The molecule has 0 aliphatic carbocycles. The van der Waals surface area contributed by atoms with Crippen molar-refractivity contribution in [2.75, 3.05) is 16.4 Å². The van der Waals surface area contributed by atoms with E-state index in [2.05, 4.69) is 9.88 Å². The van der Waals surface area contributed by atoms with Gasteiger partial charge < -0.3 is 4.52 Å². The van der Waals surface area contributed by atoms with Gasteiger partial charge in [0.1, 0.15) is 0 Å². The summed E-state index contributed by atoms with van der Waals surface area (Å²) in [5.41, 5.74) is 0.625. The minimum Gasteiger partial charge on any atom is -0.338 e. The average molecular weight is 239 g/mol. The van der Waals surface area contributed by atoms with Gasteiger partial charge in [0.15, 0.2) is 0 Å². The minimum atomic E-state index is -3.35. The molecule has 0 radical (unpaired) electrons. The Hall–Kier alpha value is -0.750. The smallest absolute Gasteiger partial charge is 0.238 e. The van der Waals surface area contributed by atoms with Gasteiger partial charge in [-0.3, -0.25) is 4.72 Å². The normalized spacial score (nSPS) is 11.6. The van der Waals surface area contributed by atoms with E-state index in [-0.39, 0.29) is 11.6 Å². The van der Waals surface area contributed by atoms with E-state index < -0.39 is 10.0 Å². The van der Waals surface area contributed by atoms with E-state index in [1.807, 2.05) is 0 Å². The van der Waals surface area contributed by atoms with E-state index in [9.17, 15) is 8.42 Å². The van der Waals surface area contributed by atoms with E-state index in [0.29, 0.717) is 18.0 Å². The summed E-state index contributed by atoms with van der Waals surface area (Å²) in [5.74, 6) is 0.434. The summed E-state index contributed by atoms with van der Waals surface area (Å²) in [7, 11) is -3.35. The molecule has 0 spiro atoms. The molecule has 0 aliphatic rings. The molecule has 0 aliphatic heterocycles. The van der Waals surface area contributed by atoms with E-state index >= 15 is 0 Å². The maximum atomic E-state index is 11.3. The predicted octanol–water partition coefficient (Wildman–Crippen LogP) is 1.35. The summed E-state index contributed by atoms with van der Waals surface area (Å²) in [6, 6.07) is 1.51. The molecule has 0 saturated heterocycles. The second kappa shape index (κ2) is 4.65. The van der Waals surface area contributed by atoms with Crippen LogP contribution in [0.2, 0.25) is 0 Å². The SMILES string of the molecule is Cc1cc(NS(=O)(=O)CCCCl)on1. The number of alkyl halides is 1. The average Bonchev–Trinajstić information content (AvgIpc) is 2.47. The van der Waals surface area contributed by atoms with E-state index in [1.54, 1.807) is 6.92 Å². The second-order valence-electron chi connectivity index (χ2n) is 2.80. The first kappa shape index (κ1) is 11.3. The van der Waals surface area contributed by atoms with Gasteiger partial charge in [-0.25, -0.2) is 8.42 Å². The molecular weight excluding hydrogens is 228 g/mol. The van der Waals surface area contributed by atoms with Crippen LogP contribution in [0.1, 0.15) is 12.1 Å². The Morgan fingerprint density at radius 3 is 2.86 bits per heavy atom. The Labute approximate surface area is 87.5 Å². The van der Waals surface area contributed by atoms with Crippen LogP contribution in [0.15, 0.2) is 10.6 Å². The molecule has 0 atom stereocenters. The highest BCUT2D eigenvalue weighted by molar-refractivity contribution is 7.92. The van der Waals surface area contributed by atoms with Crippen molar-refractivity contribution in [2.45, 2.75) is 13.3 Å². The van der Waals surface area contributed by atoms with E-state index in [4.69, 9.17) is 16.1 Å². The molecule has 5 nitrogen and oxygen atoms in total. The van der Waals surface area contributed by atoms with Crippen LogP contribution in [0, 0.1) is 6.92 Å². The van der Waals surface area contributed by atoms with Crippen LogP contribution in [0.4, 0.5) is 5.88 Å². The maximum absolute atomic E-state index is 11.3. The predicted molar refractivity (Wildman–Crippen MR) is 54.0 cm³/mol. The fourth-order valence-electron chi connectivity index (χ4n) is 0.861. The van der Waals surface area contributed by atoms with Gasteiger partial charge in [0, 0.05) is 11.9 Å². The third-order valence-electron chi connectivity index (χ3n) is 1.43. The molecule has 1 N–H and O–H groups in total. The molecule has 14 heavy (non-hydrogen) atoms. The number of nitrogens with one attached hydrogen (secondary N) is 1. The Morgan fingerprint density at radius 1 is 1.64 bits per heavy atom. The molecule has 7 heteroatoms. The van der Waals surface area contributed by atoms with Crippen molar-refractivity contribution in [1.29, 1.82) is 0 Å². The fourth-order valence-corrected chi connectivity index (χ4v) is 2.18. The Kier molecular flexibility index (Phi) is 3.77. The first-order valence-corrected chi connectivity index (χ1v) is 6.22. The van der Waals surface area contributed by atoms with Crippen molar-refractivity contribution in [2.24, 2.45) is 0 Å². The molecule has 1 aromatic heterocycles. The number of halogens is 1. The molecule has 0 bridgehead atoms. The quantitative estimate of drug-likeness (QED) is 0.786. The minimum absolute atomic E-state index is 0.0176. The highest BCUT2D eigenvalue weighted by Gasteiger charge is 2.12. The van der Waals surface area contributed by atoms with Gasteiger partial charge in [-0.1, -0.05) is 5.16 Å². The van der Waals surface area contributed by atoms with Crippen molar-refractivity contribution in [3.8, 4) is 0 Å². The Morgan fingerprint density at radius 2 is 2.36 bits per heavy atom. The lowest BCUT2D eigenvalue weighted by Gasteiger charge is -2.01. The van der Waals surface area contributed by atoms with Crippen LogP contribution in [0.5, 0.6) is 0 Å². The lowest BCUT2D eigenvalue weighted by atomic mass is 10.5. The number of nitrogens with zero attached hydrogens (tertiary/aromatic N) is 1. The largest absolute Gasteiger partial charge is 0.338 e. The molecule has 0 saturated carbocycles. The highest BCUT2D eigenvalue weighted by atomic mass is 35.5. The zero-order valence-corrected chi connectivity index (χ0v) is 9.23. The summed E-state index contributed by atoms with van der Waals surface area (Å²) >= 11 is 5.39. The number of hydrogen-bond acceptors (Lipinski definition) is 4. The second-order valence-corrected chi connectivity index (χ2v) is 5.02. The number of rotatable bonds is 5. The van der Waals surface area contributed by atoms with Crippen molar-refractivity contribution in [3.63, 3.8) is 0 Å². The van der Waals surface area contributed by atoms with Crippen LogP contribution in [-0.4, -0.2) is 25.2 Å². The fraction of sp³-hybridized carbons (Fsp3) is 0.571. The lowest BCUT2D eigenvalue weighted by molar-refractivity contribution is 0.430. The van der Waals surface area contributed by atoms with E-state index in [0.717, 1.165) is 0 Å². The molecular formula is C7H11ClN2O3S. The molecule has 1 heterocycles. The monoisotopic (exact) mass is 238 g/mol. The molecule has 1 aromatic rings. The number of hydrogen-bond donors (Lipinski definition) is 1. The zero-order valence-electron chi connectivity index (χ0n) is 7.66. The third-order valence-corrected chi connectivity index (χ3v) is 3.04. The van der Waals surface area contributed by atoms with Crippen LogP contribution in [0.25, 0.3) is 0 Å². The Bertz CT molecular complexity index is 387. The van der Waals surface area contributed by atoms with Gasteiger partial charge >= 0.3 is 0 Å². The lowest BCUT2D eigenvalue weighted by Crippen LogP contribution is -2.16. The van der Waals surface area contributed by atoms with Crippen molar-refractivity contribution >= 4 is 27.5 Å². The summed E-state index contributed by atoms with van der Waals surface area (Å²) in [4.78, 5) is 0. The van der Waals surface area contributed by atoms with Gasteiger partial charge in [-0.05, 0) is 13.3 Å². The highest BCUT2D eigenvalue weighted by Crippen LogP contribution is 2.10. The number of aromatic nitrogens is 1. The topological polar surface area (TPSA) is 72.2 Å². The molecule has 0 unspecified atom stereocenters. The summed E-state index contributed by atoms with van der Waals surface area (Å²) < 4.78 is 29.6. The Balaban J connectivity index is 2.59. The maximum Gasteiger partial charge on any atom is 0.238 e. The first-order valence-electron chi connectivity index (χ1n) is 4.03. The van der Waals surface area contributed by atoms with Crippen molar-refractivity contribution < 1.29 is 12.9 Å². The van der Waals surface area contributed by atoms with Crippen molar-refractivity contribution in [1.82, 2.24) is 5.16 Å². The van der Waals surface area contributed by atoms with Crippen molar-refractivity contribution in [3.05, 3.63) is 11.8 Å². The number of aryl methyl sites for hydroxylation is 1. The van der Waals surface area contributed by atoms with Crippen LogP contribution >= 0.6 is 11.6 Å². The molecule has 80 valence electrons. The number of anilines is 1. The van der Waals surface area contributed by atoms with Gasteiger partial charge in [-0.2, -0.15) is 0 Å². The van der Waals surface area contributed by atoms with Crippen LogP contribution < -0.4 is 4.72 Å².